The van der Waals surface area contributed by atoms with E-state index in [4.69, 9.17) is 9.32 Å². The van der Waals surface area contributed by atoms with E-state index in [0.717, 1.165) is 48.9 Å². The highest BCUT2D eigenvalue weighted by molar-refractivity contribution is 7.84. The third-order valence-corrected chi connectivity index (χ3v) is 8.32. The van der Waals surface area contributed by atoms with E-state index in [-0.39, 0.29) is 17.1 Å². The van der Waals surface area contributed by atoms with Crippen molar-refractivity contribution in [1.82, 2.24) is 10.3 Å². The number of nitrogens with one attached hydrogen (secondary N) is 1. The molecule has 0 aliphatic heterocycles. The van der Waals surface area contributed by atoms with Gasteiger partial charge in [-0.1, -0.05) is 25.1 Å². The first-order chi connectivity index (χ1) is 15.7. The molecule has 33 heavy (non-hydrogen) atoms. The lowest BCUT2D eigenvalue weighted by atomic mass is 9.54. The number of pyridine rings is 1. The average molecular weight is 468 g/mol. The molecule has 1 aromatic carbocycles. The number of nitrogens with two attached hydrogens (primary N) is 1. The molecule has 8 heteroatoms. The molecule has 2 aromatic rings. The lowest BCUT2D eigenvalue weighted by molar-refractivity contribution is -0.119. The van der Waals surface area contributed by atoms with Crippen molar-refractivity contribution in [2.45, 2.75) is 51.5 Å². The van der Waals surface area contributed by atoms with Crippen molar-refractivity contribution in [1.29, 1.82) is 0 Å². The Morgan fingerprint density at radius 2 is 2.12 bits per heavy atom. The molecule has 174 valence electrons. The molecule has 3 N–H and O–H groups in total. The van der Waals surface area contributed by atoms with E-state index in [9.17, 15) is 13.2 Å². The number of hydrogen-bond acceptors (Lipinski definition) is 5. The molecule has 1 fully saturated rings. The number of benzene rings is 1. The van der Waals surface area contributed by atoms with Gasteiger partial charge in [0.2, 0.25) is 5.91 Å². The van der Waals surface area contributed by atoms with E-state index in [1.54, 1.807) is 12.3 Å². The maximum Gasteiger partial charge on any atom is 0.380 e. The Labute approximate surface area is 194 Å². The fourth-order valence-electron chi connectivity index (χ4n) is 6.43. The summed E-state index contributed by atoms with van der Waals surface area (Å²) in [7, 11) is -4.03. The van der Waals surface area contributed by atoms with Crippen molar-refractivity contribution >= 4 is 16.2 Å². The summed E-state index contributed by atoms with van der Waals surface area (Å²) in [6, 6.07) is 11.2. The zero-order chi connectivity index (χ0) is 23.2. The van der Waals surface area contributed by atoms with Crippen LogP contribution in [-0.4, -0.2) is 19.3 Å². The Morgan fingerprint density at radius 1 is 1.27 bits per heavy atom. The largest absolute Gasteiger partial charge is 0.380 e. The molecule has 1 heterocycles. The highest BCUT2D eigenvalue weighted by Crippen LogP contribution is 2.61. The number of rotatable bonds is 5. The van der Waals surface area contributed by atoms with Crippen LogP contribution in [0.1, 0.15) is 55.3 Å². The number of carbonyl (C=O) groups is 1. The summed E-state index contributed by atoms with van der Waals surface area (Å²) in [5, 5.41) is 8.09. The third kappa shape index (κ3) is 4.17. The first kappa shape index (κ1) is 22.1. The Hall–Kier alpha value is -2.71. The highest BCUT2D eigenvalue weighted by Gasteiger charge is 2.53. The van der Waals surface area contributed by atoms with Crippen molar-refractivity contribution < 1.29 is 17.4 Å². The number of amides is 1. The summed E-state index contributed by atoms with van der Waals surface area (Å²) in [6.45, 7) is 2.69. The van der Waals surface area contributed by atoms with Crippen LogP contribution in [0.25, 0.3) is 0 Å². The molecule has 4 atom stereocenters. The maximum atomic E-state index is 13.1. The zero-order valence-corrected chi connectivity index (χ0v) is 19.5. The number of allylic oxidation sites excluding steroid dienone is 1. The molecular weight excluding hydrogens is 438 g/mol. The van der Waals surface area contributed by atoms with Crippen molar-refractivity contribution in [3.63, 3.8) is 0 Å². The van der Waals surface area contributed by atoms with Crippen LogP contribution in [0.3, 0.4) is 0 Å². The number of fused-ring (bicyclic) bond motifs is 5. The first-order valence-corrected chi connectivity index (χ1v) is 13.0. The van der Waals surface area contributed by atoms with Gasteiger partial charge in [-0.25, -0.2) is 0 Å². The fraction of sp³-hybridized carbons (Fsp3) is 0.440. The molecule has 0 saturated heterocycles. The molecule has 1 saturated carbocycles. The highest BCUT2D eigenvalue weighted by atomic mass is 32.2. The van der Waals surface area contributed by atoms with Gasteiger partial charge < -0.3 is 9.50 Å². The Balaban J connectivity index is 1.31. The SMILES string of the molecule is CC12CCC3c4ccc(OS(N)(=O)=O)cc4CCC3C1CC=C2C(=O)NCc1ccccn1. The number of aromatic nitrogens is 1. The smallest absolute Gasteiger partial charge is 0.371 e. The van der Waals surface area contributed by atoms with Gasteiger partial charge in [0.05, 0.1) is 12.2 Å². The van der Waals surface area contributed by atoms with Crippen LogP contribution in [0.4, 0.5) is 0 Å². The molecule has 1 aromatic heterocycles. The number of nitrogens with zero attached hydrogens (tertiary/aromatic N) is 1. The minimum absolute atomic E-state index is 0.0186. The van der Waals surface area contributed by atoms with Crippen LogP contribution in [0.15, 0.2) is 54.2 Å². The van der Waals surface area contributed by atoms with Gasteiger partial charge in [0.15, 0.2) is 0 Å². The molecule has 4 unspecified atom stereocenters. The number of aryl methyl sites for hydroxylation is 1. The number of hydrogen-bond donors (Lipinski definition) is 2. The van der Waals surface area contributed by atoms with Gasteiger partial charge >= 0.3 is 10.3 Å². The van der Waals surface area contributed by atoms with Gasteiger partial charge in [-0.05, 0) is 85.3 Å². The van der Waals surface area contributed by atoms with Gasteiger partial charge in [-0.3, -0.25) is 9.78 Å². The predicted molar refractivity (Wildman–Crippen MR) is 124 cm³/mol. The molecule has 0 radical (unpaired) electrons. The molecule has 0 bridgehead atoms. The third-order valence-electron chi connectivity index (χ3n) is 7.89. The van der Waals surface area contributed by atoms with Crippen molar-refractivity contribution in [2.24, 2.45) is 22.4 Å². The zero-order valence-electron chi connectivity index (χ0n) is 18.7. The normalized spacial score (nSPS) is 28.2. The lowest BCUT2D eigenvalue weighted by Crippen LogP contribution is -2.43. The van der Waals surface area contributed by atoms with Crippen LogP contribution in [0.2, 0.25) is 0 Å². The van der Waals surface area contributed by atoms with Gasteiger partial charge in [-0.15, -0.1) is 0 Å². The number of carbonyl (C=O) groups excluding carboxylic acids is 1. The average Bonchev–Trinajstić information content (AvgIpc) is 3.14. The molecule has 3 aliphatic carbocycles. The summed E-state index contributed by atoms with van der Waals surface area (Å²) >= 11 is 0. The summed E-state index contributed by atoms with van der Waals surface area (Å²) in [5.74, 6) is 1.63. The topological polar surface area (TPSA) is 111 Å². The molecule has 3 aliphatic rings. The maximum absolute atomic E-state index is 13.1. The summed E-state index contributed by atoms with van der Waals surface area (Å²) in [6.07, 6.45) is 8.66. The van der Waals surface area contributed by atoms with Gasteiger partial charge in [0.1, 0.15) is 5.75 Å². The molecule has 1 amide bonds. The van der Waals surface area contributed by atoms with Crippen LogP contribution >= 0.6 is 0 Å². The predicted octanol–water partition coefficient (Wildman–Crippen LogP) is 3.37. The molecule has 5 rings (SSSR count). The molecule has 0 spiro atoms. The quantitative estimate of drug-likeness (QED) is 0.700. The fourth-order valence-corrected chi connectivity index (χ4v) is 6.80. The van der Waals surface area contributed by atoms with Crippen LogP contribution < -0.4 is 14.6 Å². The van der Waals surface area contributed by atoms with E-state index in [0.29, 0.717) is 24.3 Å². The lowest BCUT2D eigenvalue weighted by Gasteiger charge is -2.50. The summed E-state index contributed by atoms with van der Waals surface area (Å²) < 4.78 is 27.4. The Morgan fingerprint density at radius 3 is 2.88 bits per heavy atom. The second-order valence-corrected chi connectivity index (χ2v) is 10.8. The Kier molecular flexibility index (Phi) is 5.53. The Bertz CT molecular complexity index is 1210. The summed E-state index contributed by atoms with van der Waals surface area (Å²) in [5.41, 5.74) is 4.07. The van der Waals surface area contributed by atoms with Gasteiger partial charge in [0.25, 0.3) is 0 Å². The molecule has 7 nitrogen and oxygen atoms in total. The van der Waals surface area contributed by atoms with Crippen LogP contribution in [0, 0.1) is 17.3 Å². The second-order valence-electron chi connectivity index (χ2n) is 9.67. The van der Waals surface area contributed by atoms with Crippen LogP contribution in [0.5, 0.6) is 5.75 Å². The van der Waals surface area contributed by atoms with E-state index >= 15 is 0 Å². The minimum Gasteiger partial charge on any atom is -0.371 e. The van der Waals surface area contributed by atoms with Gasteiger partial charge in [-0.2, -0.15) is 13.6 Å². The van der Waals surface area contributed by atoms with Crippen molar-refractivity contribution in [2.75, 3.05) is 0 Å². The first-order valence-electron chi connectivity index (χ1n) is 11.5. The van der Waals surface area contributed by atoms with E-state index in [1.807, 2.05) is 30.3 Å². The van der Waals surface area contributed by atoms with Crippen molar-refractivity contribution in [3.8, 4) is 5.75 Å². The van der Waals surface area contributed by atoms with Gasteiger partial charge in [0, 0.05) is 17.2 Å². The molecular formula is C25H29N3O4S. The second kappa shape index (κ2) is 8.25. The monoisotopic (exact) mass is 467 g/mol. The summed E-state index contributed by atoms with van der Waals surface area (Å²) in [4.78, 5) is 17.4. The van der Waals surface area contributed by atoms with Crippen molar-refractivity contribution in [3.05, 3.63) is 71.1 Å². The standard InChI is InChI=1S/C25H29N3O4S/c1-25-12-11-20-19-8-6-18(32-33(26,30)31)14-16(19)5-7-21(20)22(25)9-10-23(25)24(29)28-15-17-4-2-3-13-27-17/h2-4,6,8,10,13-14,20-22H,5,7,9,11-12,15H2,1H3,(H,28,29)(H2,26,30,31). The minimum atomic E-state index is -4.03. The van der Waals surface area contributed by atoms with E-state index in [2.05, 4.69) is 23.3 Å². The van der Waals surface area contributed by atoms with E-state index in [1.165, 1.54) is 5.56 Å². The van der Waals surface area contributed by atoms with E-state index < -0.39 is 10.3 Å². The van der Waals surface area contributed by atoms with Crippen LogP contribution in [-0.2, 0) is 28.1 Å².